The molecule has 0 N–H and O–H groups in total. The van der Waals surface area contributed by atoms with Crippen LogP contribution >= 0.6 is 0 Å². The van der Waals surface area contributed by atoms with E-state index in [1.165, 1.54) is 4.90 Å². The molecule has 0 aliphatic heterocycles. The lowest BCUT2D eigenvalue weighted by Crippen LogP contribution is -2.36. The summed E-state index contributed by atoms with van der Waals surface area (Å²) in [7, 11) is 0. The molecule has 1 nitrogen and oxygen atoms in total. The molecule has 0 radical (unpaired) electrons. The van der Waals surface area contributed by atoms with Crippen LogP contribution in [0.5, 0.6) is 0 Å². The molecule has 0 spiro atoms. The lowest BCUT2D eigenvalue weighted by Gasteiger charge is -2.22. The van der Waals surface area contributed by atoms with Gasteiger partial charge in [0, 0.05) is 12.5 Å². The molecule has 80 valence electrons. The van der Waals surface area contributed by atoms with Gasteiger partial charge in [0.2, 0.25) is 0 Å². The summed E-state index contributed by atoms with van der Waals surface area (Å²) in [5, 5.41) is 0. The molecular weight excluding hydrogens is 191 g/mol. The highest BCUT2D eigenvalue weighted by molar-refractivity contribution is 4.88. The van der Waals surface area contributed by atoms with E-state index in [0.29, 0.717) is 19.4 Å². The molecule has 1 aliphatic rings. The lowest BCUT2D eigenvalue weighted by atomic mass is 10.3. The van der Waals surface area contributed by atoms with Crippen molar-refractivity contribution in [1.29, 1.82) is 0 Å². The fraction of sp³-hybridized carbons (Fsp3) is 0.800. The zero-order valence-electron chi connectivity index (χ0n) is 7.98. The standard InChI is InChI=1S/C10H14F3N/c1-2-3-4-7-14(9-5-6-9)8-10(11,12)13/h1,9H,3-8H2. The highest BCUT2D eigenvalue weighted by atomic mass is 19.4. The molecule has 0 amide bonds. The lowest BCUT2D eigenvalue weighted by molar-refractivity contribution is -0.147. The molecule has 1 aliphatic carbocycles. The van der Waals surface area contributed by atoms with E-state index in [2.05, 4.69) is 5.92 Å². The van der Waals surface area contributed by atoms with Gasteiger partial charge in [-0.1, -0.05) is 0 Å². The number of nitrogens with zero attached hydrogens (tertiary/aromatic N) is 1. The van der Waals surface area contributed by atoms with Crippen LogP contribution in [0.25, 0.3) is 0 Å². The zero-order valence-corrected chi connectivity index (χ0v) is 7.98. The summed E-state index contributed by atoms with van der Waals surface area (Å²) in [6, 6.07) is 0.148. The third-order valence-electron chi connectivity index (χ3n) is 2.21. The average Bonchev–Trinajstić information content (AvgIpc) is 2.83. The van der Waals surface area contributed by atoms with Crippen molar-refractivity contribution in [3.05, 3.63) is 0 Å². The summed E-state index contributed by atoms with van der Waals surface area (Å²) < 4.78 is 36.4. The molecule has 1 rings (SSSR count). The number of hydrogen-bond donors (Lipinski definition) is 0. The molecule has 0 heterocycles. The number of alkyl halides is 3. The molecule has 0 atom stereocenters. The summed E-state index contributed by atoms with van der Waals surface area (Å²) in [5.74, 6) is 2.44. The van der Waals surface area contributed by atoms with Gasteiger partial charge in [0.1, 0.15) is 0 Å². The highest BCUT2D eigenvalue weighted by Gasteiger charge is 2.37. The summed E-state index contributed by atoms with van der Waals surface area (Å²) in [4.78, 5) is 1.50. The van der Waals surface area contributed by atoms with Gasteiger partial charge in [-0.15, -0.1) is 12.3 Å². The van der Waals surface area contributed by atoms with E-state index in [1.807, 2.05) is 0 Å². The van der Waals surface area contributed by atoms with Crippen molar-refractivity contribution in [3.8, 4) is 12.3 Å². The SMILES string of the molecule is C#CCCCN(CC(F)(F)F)C1CC1. The number of halogens is 3. The largest absolute Gasteiger partial charge is 0.401 e. The van der Waals surface area contributed by atoms with E-state index in [1.54, 1.807) is 0 Å². The zero-order chi connectivity index (χ0) is 10.6. The first-order valence-electron chi connectivity index (χ1n) is 4.77. The van der Waals surface area contributed by atoms with Crippen molar-refractivity contribution < 1.29 is 13.2 Å². The molecule has 0 aromatic heterocycles. The second-order valence-electron chi connectivity index (χ2n) is 3.62. The molecule has 4 heteroatoms. The van der Waals surface area contributed by atoms with Crippen LogP contribution in [-0.2, 0) is 0 Å². The topological polar surface area (TPSA) is 3.24 Å². The maximum atomic E-state index is 12.1. The first-order chi connectivity index (χ1) is 6.53. The first-order valence-corrected chi connectivity index (χ1v) is 4.77. The normalized spacial score (nSPS) is 17.1. The van der Waals surface area contributed by atoms with Gasteiger partial charge in [-0.2, -0.15) is 13.2 Å². The van der Waals surface area contributed by atoms with Crippen molar-refractivity contribution in [2.45, 2.75) is 37.9 Å². The number of hydrogen-bond acceptors (Lipinski definition) is 1. The Kier molecular flexibility index (Phi) is 3.82. The summed E-state index contributed by atoms with van der Waals surface area (Å²) in [6.45, 7) is -0.323. The molecule has 0 aromatic rings. The fourth-order valence-corrected chi connectivity index (χ4v) is 1.44. The van der Waals surface area contributed by atoms with Gasteiger partial charge in [0.25, 0.3) is 0 Å². The highest BCUT2D eigenvalue weighted by Crippen LogP contribution is 2.30. The Bertz CT molecular complexity index is 212. The molecule has 14 heavy (non-hydrogen) atoms. The molecule has 0 unspecified atom stereocenters. The maximum absolute atomic E-state index is 12.1. The monoisotopic (exact) mass is 205 g/mol. The van der Waals surface area contributed by atoms with Gasteiger partial charge < -0.3 is 0 Å². The Labute approximate surface area is 82.3 Å². The summed E-state index contributed by atoms with van der Waals surface area (Å²) in [5.41, 5.74) is 0. The first kappa shape index (κ1) is 11.4. The minimum atomic E-state index is -4.08. The molecule has 0 saturated heterocycles. The Morgan fingerprint density at radius 2 is 2.00 bits per heavy atom. The van der Waals surface area contributed by atoms with E-state index >= 15 is 0 Å². The van der Waals surface area contributed by atoms with Gasteiger partial charge in [0.15, 0.2) is 0 Å². The minimum absolute atomic E-state index is 0.148. The van der Waals surface area contributed by atoms with Gasteiger partial charge in [-0.05, 0) is 25.8 Å². The van der Waals surface area contributed by atoms with Crippen molar-refractivity contribution in [3.63, 3.8) is 0 Å². The van der Waals surface area contributed by atoms with Crippen LogP contribution < -0.4 is 0 Å². The smallest absolute Gasteiger partial charge is 0.292 e. The Morgan fingerprint density at radius 1 is 1.36 bits per heavy atom. The Hall–Kier alpha value is -0.690. The van der Waals surface area contributed by atoms with E-state index in [-0.39, 0.29) is 6.04 Å². The van der Waals surface area contributed by atoms with Gasteiger partial charge >= 0.3 is 6.18 Å². The Morgan fingerprint density at radius 3 is 2.43 bits per heavy atom. The predicted molar refractivity (Wildman–Crippen MR) is 48.7 cm³/mol. The third-order valence-corrected chi connectivity index (χ3v) is 2.21. The van der Waals surface area contributed by atoms with Crippen LogP contribution in [-0.4, -0.2) is 30.2 Å². The molecule has 0 bridgehead atoms. The fourth-order valence-electron chi connectivity index (χ4n) is 1.44. The van der Waals surface area contributed by atoms with Crippen LogP contribution in [0.3, 0.4) is 0 Å². The maximum Gasteiger partial charge on any atom is 0.401 e. The summed E-state index contributed by atoms with van der Waals surface area (Å²) >= 11 is 0. The van der Waals surface area contributed by atoms with Gasteiger partial charge in [-0.3, -0.25) is 4.90 Å². The van der Waals surface area contributed by atoms with Crippen LogP contribution in [0.2, 0.25) is 0 Å². The second-order valence-corrected chi connectivity index (χ2v) is 3.62. The van der Waals surface area contributed by atoms with Crippen molar-refractivity contribution >= 4 is 0 Å². The molecule has 1 saturated carbocycles. The molecule has 1 fully saturated rings. The molecular formula is C10H14F3N. The number of terminal acetylenes is 1. The van der Waals surface area contributed by atoms with Crippen molar-refractivity contribution in [2.75, 3.05) is 13.1 Å². The number of unbranched alkanes of at least 4 members (excludes halogenated alkanes) is 1. The van der Waals surface area contributed by atoms with E-state index in [4.69, 9.17) is 6.42 Å². The molecule has 0 aromatic carbocycles. The predicted octanol–water partition coefficient (Wildman–Crippen LogP) is 2.43. The summed E-state index contributed by atoms with van der Waals surface area (Å²) in [6.07, 6.45) is 3.96. The van der Waals surface area contributed by atoms with Gasteiger partial charge in [0.05, 0.1) is 6.54 Å². The average molecular weight is 205 g/mol. The van der Waals surface area contributed by atoms with Crippen molar-refractivity contribution in [1.82, 2.24) is 4.90 Å². The number of rotatable bonds is 5. The van der Waals surface area contributed by atoms with Gasteiger partial charge in [-0.25, -0.2) is 0 Å². The van der Waals surface area contributed by atoms with Crippen LogP contribution in [0.15, 0.2) is 0 Å². The Balaban J connectivity index is 2.29. The van der Waals surface area contributed by atoms with E-state index in [9.17, 15) is 13.2 Å². The van der Waals surface area contributed by atoms with E-state index < -0.39 is 12.7 Å². The quantitative estimate of drug-likeness (QED) is 0.492. The third kappa shape index (κ3) is 4.52. The van der Waals surface area contributed by atoms with Crippen molar-refractivity contribution in [2.24, 2.45) is 0 Å². The van der Waals surface area contributed by atoms with Crippen LogP contribution in [0, 0.1) is 12.3 Å². The second kappa shape index (κ2) is 4.70. The van der Waals surface area contributed by atoms with Crippen LogP contribution in [0.4, 0.5) is 13.2 Å². The van der Waals surface area contributed by atoms with Crippen LogP contribution in [0.1, 0.15) is 25.7 Å². The van der Waals surface area contributed by atoms with E-state index in [0.717, 1.165) is 12.8 Å². The minimum Gasteiger partial charge on any atom is -0.292 e.